The maximum atomic E-state index is 11.2. The van der Waals surface area contributed by atoms with E-state index in [2.05, 4.69) is 42.5 Å². The fourth-order valence-corrected chi connectivity index (χ4v) is 2.20. The highest BCUT2D eigenvalue weighted by atomic mass is 79.9. The van der Waals surface area contributed by atoms with Crippen molar-refractivity contribution in [3.8, 4) is 0 Å². The monoisotopic (exact) mass is 510 g/mol. The predicted molar refractivity (Wildman–Crippen MR) is 118 cm³/mol. The minimum Gasteiger partial charge on any atom is -0.511 e. The summed E-state index contributed by atoms with van der Waals surface area (Å²) in [4.78, 5) is 33.3. The number of anilines is 2. The zero-order valence-corrected chi connectivity index (χ0v) is 18.1. The maximum absolute atomic E-state index is 11.2. The van der Waals surface area contributed by atoms with Crippen LogP contribution in [0, 0.1) is 0 Å². The molecule has 2 rings (SSSR count). The fourth-order valence-electron chi connectivity index (χ4n) is 1.84. The lowest BCUT2D eigenvalue weighted by Crippen LogP contribution is -2.16. The number of benzene rings is 2. The first-order valence-electron chi connectivity index (χ1n) is 8.18. The molecule has 2 aromatic carbocycles. The van der Waals surface area contributed by atoms with Gasteiger partial charge in [-0.1, -0.05) is 68.3 Å². The molecule has 0 aliphatic heterocycles. The van der Waals surface area contributed by atoms with Gasteiger partial charge < -0.3 is 15.7 Å². The average Bonchev–Trinajstić information content (AvgIpc) is 2.69. The molecule has 0 aromatic heterocycles. The van der Waals surface area contributed by atoms with Crippen LogP contribution >= 0.6 is 31.9 Å². The number of carbonyl (C=O) groups is 3. The van der Waals surface area contributed by atoms with Gasteiger partial charge in [-0.3, -0.25) is 14.4 Å². The summed E-state index contributed by atoms with van der Waals surface area (Å²) in [6, 6.07) is 18.1. The zero-order chi connectivity index (χ0) is 20.8. The minimum absolute atomic E-state index is 0.00145. The molecule has 0 bridgehead atoms. The normalized spacial score (nSPS) is 10.3. The van der Waals surface area contributed by atoms with E-state index in [1.807, 2.05) is 36.4 Å². The van der Waals surface area contributed by atoms with Gasteiger partial charge in [-0.05, 0) is 24.3 Å². The molecule has 0 heterocycles. The molecule has 0 aliphatic carbocycles. The molecule has 148 valence electrons. The van der Waals surface area contributed by atoms with Crippen LogP contribution in [0.25, 0.3) is 0 Å². The second-order valence-corrected chi connectivity index (χ2v) is 6.51. The Kier molecular flexibility index (Phi) is 11.5. The van der Waals surface area contributed by atoms with Gasteiger partial charge in [-0.15, -0.1) is 0 Å². The van der Waals surface area contributed by atoms with E-state index in [0.717, 1.165) is 6.08 Å². The molecule has 0 saturated carbocycles. The molecule has 0 fully saturated rings. The van der Waals surface area contributed by atoms with Gasteiger partial charge >= 0.3 is 0 Å². The van der Waals surface area contributed by atoms with E-state index in [1.165, 1.54) is 0 Å². The van der Waals surface area contributed by atoms with Gasteiger partial charge in [0.15, 0.2) is 5.78 Å². The number of allylic oxidation sites excluding steroid dienone is 1. The van der Waals surface area contributed by atoms with Gasteiger partial charge in [0.2, 0.25) is 5.91 Å². The Balaban J connectivity index is 0.000000280. The number of alkyl halides is 2. The van der Waals surface area contributed by atoms with Crippen LogP contribution in [0.3, 0.4) is 0 Å². The maximum Gasteiger partial charge on any atom is 0.251 e. The van der Waals surface area contributed by atoms with Crippen molar-refractivity contribution in [2.24, 2.45) is 0 Å². The highest BCUT2D eigenvalue weighted by Gasteiger charge is 2.07. The Morgan fingerprint density at radius 3 is 1.79 bits per heavy atom. The van der Waals surface area contributed by atoms with Crippen molar-refractivity contribution in [2.75, 3.05) is 21.3 Å². The molecule has 0 aliphatic rings. The van der Waals surface area contributed by atoms with E-state index in [9.17, 15) is 14.4 Å². The summed E-state index contributed by atoms with van der Waals surface area (Å²) in [7, 11) is 0. The lowest BCUT2D eigenvalue weighted by atomic mass is 10.2. The molecule has 0 unspecified atom stereocenters. The van der Waals surface area contributed by atoms with Crippen LogP contribution in [-0.4, -0.2) is 33.4 Å². The number of ketones is 1. The summed E-state index contributed by atoms with van der Waals surface area (Å²) < 4.78 is 0. The zero-order valence-electron chi connectivity index (χ0n) is 14.9. The number of hydrogen-bond donors (Lipinski definition) is 3. The Morgan fingerprint density at radius 2 is 1.32 bits per heavy atom. The van der Waals surface area contributed by atoms with Gasteiger partial charge in [0, 0.05) is 17.5 Å². The number of nitrogens with one attached hydrogen (secondary N) is 2. The van der Waals surface area contributed by atoms with Gasteiger partial charge in [-0.25, -0.2) is 0 Å². The number of para-hydroxylation sites is 2. The van der Waals surface area contributed by atoms with Gasteiger partial charge in [-0.2, -0.15) is 0 Å². The molecule has 0 saturated heterocycles. The highest BCUT2D eigenvalue weighted by molar-refractivity contribution is 9.09. The van der Waals surface area contributed by atoms with Crippen LogP contribution in [-0.2, 0) is 14.4 Å². The van der Waals surface area contributed by atoms with Gasteiger partial charge in [0.1, 0.15) is 5.76 Å². The quantitative estimate of drug-likeness (QED) is 0.221. The SMILES string of the molecule is O=C(/C=C(\O)CBr)Nc1ccccc1.O=C(CBr)CC(=O)Nc1ccccc1. The van der Waals surface area contributed by atoms with Crippen molar-refractivity contribution in [3.05, 3.63) is 72.5 Å². The minimum atomic E-state index is -0.340. The summed E-state index contributed by atoms with van der Waals surface area (Å²) in [6.45, 7) is 0. The fraction of sp³-hybridized carbons (Fsp3) is 0.150. The van der Waals surface area contributed by atoms with Gasteiger partial charge in [0.25, 0.3) is 5.91 Å². The van der Waals surface area contributed by atoms with Crippen molar-refractivity contribution >= 4 is 60.8 Å². The van der Waals surface area contributed by atoms with Crippen molar-refractivity contribution in [2.45, 2.75) is 6.42 Å². The molecule has 6 nitrogen and oxygen atoms in total. The largest absolute Gasteiger partial charge is 0.511 e. The predicted octanol–water partition coefficient (Wildman–Crippen LogP) is 4.44. The molecule has 2 aromatic rings. The summed E-state index contributed by atoms with van der Waals surface area (Å²) in [5.41, 5.74) is 1.41. The second kappa shape index (κ2) is 13.7. The van der Waals surface area contributed by atoms with Gasteiger partial charge in [0.05, 0.1) is 17.1 Å². The second-order valence-electron chi connectivity index (χ2n) is 5.39. The van der Waals surface area contributed by atoms with Crippen LogP contribution in [0.5, 0.6) is 0 Å². The van der Waals surface area contributed by atoms with Crippen molar-refractivity contribution in [1.82, 2.24) is 0 Å². The lowest BCUT2D eigenvalue weighted by molar-refractivity contribution is -0.124. The van der Waals surface area contributed by atoms with E-state index in [4.69, 9.17) is 5.11 Å². The van der Waals surface area contributed by atoms with E-state index in [1.54, 1.807) is 24.3 Å². The summed E-state index contributed by atoms with van der Waals surface area (Å²) in [6.07, 6.45) is 1.06. The molecule has 3 N–H and O–H groups in total. The number of Topliss-reactive ketones (excluding diaryl/α,β-unsaturated/α-hetero) is 1. The Hall–Kier alpha value is -2.45. The molecule has 28 heavy (non-hydrogen) atoms. The third kappa shape index (κ3) is 10.6. The first-order chi connectivity index (χ1) is 13.4. The van der Waals surface area contributed by atoms with Crippen molar-refractivity contribution in [1.29, 1.82) is 0 Å². The number of amides is 2. The molecule has 0 radical (unpaired) electrons. The number of halogens is 2. The van der Waals surface area contributed by atoms with E-state index < -0.39 is 0 Å². The van der Waals surface area contributed by atoms with E-state index in [-0.39, 0.29) is 40.4 Å². The average molecular weight is 512 g/mol. The third-order valence-corrected chi connectivity index (χ3v) is 4.24. The highest BCUT2D eigenvalue weighted by Crippen LogP contribution is 2.06. The summed E-state index contributed by atoms with van der Waals surface area (Å²) in [5, 5.41) is 14.8. The van der Waals surface area contributed by atoms with Crippen molar-refractivity contribution in [3.63, 3.8) is 0 Å². The van der Waals surface area contributed by atoms with E-state index in [0.29, 0.717) is 11.4 Å². The van der Waals surface area contributed by atoms with Crippen molar-refractivity contribution < 1.29 is 19.5 Å². The first kappa shape index (κ1) is 23.6. The summed E-state index contributed by atoms with van der Waals surface area (Å²) in [5.74, 6) is -0.745. The number of hydrogen-bond acceptors (Lipinski definition) is 4. The molecular weight excluding hydrogens is 492 g/mol. The number of carbonyl (C=O) groups excluding carboxylic acids is 3. The van der Waals surface area contributed by atoms with Crippen LogP contribution in [0.2, 0.25) is 0 Å². The number of aliphatic hydroxyl groups is 1. The third-order valence-electron chi connectivity index (χ3n) is 3.04. The number of rotatable bonds is 7. The molecule has 2 amide bonds. The Bertz CT molecular complexity index is 796. The molecule has 8 heteroatoms. The smallest absolute Gasteiger partial charge is 0.251 e. The topological polar surface area (TPSA) is 95.5 Å². The van der Waals surface area contributed by atoms with E-state index >= 15 is 0 Å². The Morgan fingerprint density at radius 1 is 0.821 bits per heavy atom. The van der Waals surface area contributed by atoms with Crippen LogP contribution in [0.1, 0.15) is 6.42 Å². The van der Waals surface area contributed by atoms with Crippen LogP contribution in [0.15, 0.2) is 72.5 Å². The summed E-state index contributed by atoms with van der Waals surface area (Å²) >= 11 is 6.03. The molecule has 0 spiro atoms. The molecular formula is C20H20Br2N2O4. The van der Waals surface area contributed by atoms with Crippen LogP contribution in [0.4, 0.5) is 11.4 Å². The van der Waals surface area contributed by atoms with Crippen LogP contribution < -0.4 is 10.6 Å². The first-order valence-corrected chi connectivity index (χ1v) is 10.4. The molecule has 0 atom stereocenters. The number of aliphatic hydroxyl groups excluding tert-OH is 1. The lowest BCUT2D eigenvalue weighted by Gasteiger charge is -2.02. The Labute approximate surface area is 180 Å². The standard InChI is InChI=1S/2C10H10BrNO2/c2*11-7-9(13)6-10(14)12-8-4-2-1-3-5-8/h1-5H,6-7H2,(H,12,14);1-6,13H,7H2,(H,12,14)/b;9-6-.